The van der Waals surface area contributed by atoms with Crippen molar-refractivity contribution in [2.24, 2.45) is 0 Å². The van der Waals surface area contributed by atoms with Crippen LogP contribution >= 0.6 is 0 Å². The van der Waals surface area contributed by atoms with Gasteiger partial charge in [-0.25, -0.2) is 9.59 Å². The number of esters is 2. The quantitative estimate of drug-likeness (QED) is 0.434. The molecule has 0 amide bonds. The lowest BCUT2D eigenvalue weighted by Crippen LogP contribution is -2.20. The van der Waals surface area contributed by atoms with Gasteiger partial charge >= 0.3 is 18.1 Å². The SMILES string of the molecule is CC=CCOC(=O)C(=O)OCC=CC(F)(F)F. The maximum absolute atomic E-state index is 11.6. The molecule has 0 rings (SSSR count). The largest absolute Gasteiger partial charge is 0.453 e. The van der Waals surface area contributed by atoms with Crippen molar-refractivity contribution in [2.45, 2.75) is 13.1 Å². The van der Waals surface area contributed by atoms with Gasteiger partial charge in [0.2, 0.25) is 0 Å². The summed E-state index contributed by atoms with van der Waals surface area (Å²) in [5.41, 5.74) is 0. The van der Waals surface area contributed by atoms with Crippen molar-refractivity contribution >= 4 is 11.9 Å². The van der Waals surface area contributed by atoms with Gasteiger partial charge in [-0.1, -0.05) is 12.2 Å². The van der Waals surface area contributed by atoms with Crippen molar-refractivity contribution in [1.82, 2.24) is 0 Å². The normalized spacial score (nSPS) is 12.0. The van der Waals surface area contributed by atoms with Crippen molar-refractivity contribution in [3.8, 4) is 0 Å². The predicted molar refractivity (Wildman–Crippen MR) is 51.9 cm³/mol. The van der Waals surface area contributed by atoms with E-state index in [0.29, 0.717) is 6.08 Å². The second kappa shape index (κ2) is 7.48. The average Bonchev–Trinajstić information content (AvgIpc) is 2.23. The Balaban J connectivity index is 3.86. The van der Waals surface area contributed by atoms with Gasteiger partial charge in [-0.05, 0) is 13.0 Å². The van der Waals surface area contributed by atoms with Crippen LogP contribution in [0, 0.1) is 0 Å². The molecule has 0 aliphatic carbocycles. The Labute approximate surface area is 95.7 Å². The highest BCUT2D eigenvalue weighted by atomic mass is 19.4. The fourth-order valence-corrected chi connectivity index (χ4v) is 0.643. The molecule has 0 atom stereocenters. The number of carbonyl (C=O) groups excluding carboxylic acids is 2. The van der Waals surface area contributed by atoms with E-state index in [2.05, 4.69) is 9.47 Å². The van der Waals surface area contributed by atoms with E-state index in [1.54, 1.807) is 13.0 Å². The highest BCUT2D eigenvalue weighted by molar-refractivity contribution is 6.29. The van der Waals surface area contributed by atoms with Gasteiger partial charge in [-0.2, -0.15) is 13.2 Å². The highest BCUT2D eigenvalue weighted by Gasteiger charge is 2.22. The van der Waals surface area contributed by atoms with E-state index in [1.165, 1.54) is 6.08 Å². The molecular formula is C10H11F3O4. The summed E-state index contributed by atoms with van der Waals surface area (Å²) in [6, 6.07) is 0. The molecule has 4 nitrogen and oxygen atoms in total. The summed E-state index contributed by atoms with van der Waals surface area (Å²) in [5.74, 6) is -2.58. The van der Waals surface area contributed by atoms with E-state index in [4.69, 9.17) is 0 Å². The molecule has 0 aromatic rings. The second-order valence-corrected chi connectivity index (χ2v) is 2.71. The van der Waals surface area contributed by atoms with Crippen LogP contribution in [0.2, 0.25) is 0 Å². The van der Waals surface area contributed by atoms with Gasteiger partial charge in [0.25, 0.3) is 0 Å². The van der Waals surface area contributed by atoms with Crippen LogP contribution in [0.5, 0.6) is 0 Å². The van der Waals surface area contributed by atoms with Crippen LogP contribution in [0.25, 0.3) is 0 Å². The zero-order chi connectivity index (χ0) is 13.3. The first-order chi connectivity index (χ1) is 7.87. The fourth-order valence-electron chi connectivity index (χ4n) is 0.643. The topological polar surface area (TPSA) is 52.6 Å². The first kappa shape index (κ1) is 15.2. The molecule has 0 radical (unpaired) electrons. The molecule has 0 bridgehead atoms. The summed E-state index contributed by atoms with van der Waals surface area (Å²) in [5, 5.41) is 0. The standard InChI is InChI=1S/C10H11F3O4/c1-2-3-6-16-8(14)9(15)17-7-4-5-10(11,12)13/h2-5H,6-7H2,1H3. The molecule has 0 fully saturated rings. The van der Waals surface area contributed by atoms with E-state index in [1.807, 2.05) is 0 Å². The molecule has 0 saturated heterocycles. The van der Waals surface area contributed by atoms with Crippen molar-refractivity contribution in [1.29, 1.82) is 0 Å². The number of hydrogen-bond donors (Lipinski definition) is 0. The van der Waals surface area contributed by atoms with E-state index >= 15 is 0 Å². The van der Waals surface area contributed by atoms with Gasteiger partial charge in [-0.15, -0.1) is 0 Å². The van der Waals surface area contributed by atoms with Crippen LogP contribution < -0.4 is 0 Å². The molecule has 0 aromatic carbocycles. The Morgan fingerprint density at radius 1 is 1.06 bits per heavy atom. The van der Waals surface area contributed by atoms with Crippen molar-refractivity contribution < 1.29 is 32.2 Å². The minimum atomic E-state index is -4.47. The summed E-state index contributed by atoms with van der Waals surface area (Å²) in [4.78, 5) is 21.7. The first-order valence-electron chi connectivity index (χ1n) is 4.56. The third-order valence-electron chi connectivity index (χ3n) is 1.33. The number of allylic oxidation sites excluding steroid dienone is 2. The Morgan fingerprint density at radius 3 is 1.94 bits per heavy atom. The first-order valence-corrected chi connectivity index (χ1v) is 4.56. The number of rotatable bonds is 4. The van der Waals surface area contributed by atoms with Gasteiger partial charge in [0, 0.05) is 6.08 Å². The van der Waals surface area contributed by atoms with Gasteiger partial charge in [0.15, 0.2) is 0 Å². The lowest BCUT2D eigenvalue weighted by atomic mass is 10.5. The van der Waals surface area contributed by atoms with Crippen molar-refractivity contribution in [3.05, 3.63) is 24.3 Å². The lowest BCUT2D eigenvalue weighted by Gasteiger charge is -2.02. The van der Waals surface area contributed by atoms with Crippen molar-refractivity contribution in [2.75, 3.05) is 13.2 Å². The summed E-state index contributed by atoms with van der Waals surface area (Å²) in [6.45, 7) is 0.952. The maximum Gasteiger partial charge on any atom is 0.417 e. The highest BCUT2D eigenvalue weighted by Crippen LogP contribution is 2.15. The van der Waals surface area contributed by atoms with Crippen LogP contribution in [0.4, 0.5) is 13.2 Å². The predicted octanol–water partition coefficient (Wildman–Crippen LogP) is 1.77. The Kier molecular flexibility index (Phi) is 6.69. The summed E-state index contributed by atoms with van der Waals surface area (Å²) < 4.78 is 43.5. The van der Waals surface area contributed by atoms with Crippen LogP contribution in [-0.2, 0) is 19.1 Å². The minimum absolute atomic E-state index is 0.0918. The molecule has 17 heavy (non-hydrogen) atoms. The van der Waals surface area contributed by atoms with Crippen LogP contribution in [0.3, 0.4) is 0 Å². The van der Waals surface area contributed by atoms with Crippen LogP contribution in [0.1, 0.15) is 6.92 Å². The molecule has 0 saturated carbocycles. The molecule has 0 heterocycles. The molecule has 96 valence electrons. The third-order valence-corrected chi connectivity index (χ3v) is 1.33. The summed E-state index contributed by atoms with van der Waals surface area (Å²) >= 11 is 0. The molecular weight excluding hydrogens is 241 g/mol. The number of alkyl halides is 3. The summed E-state index contributed by atoms with van der Waals surface area (Å²) in [7, 11) is 0. The molecule has 7 heteroatoms. The number of hydrogen-bond acceptors (Lipinski definition) is 4. The summed E-state index contributed by atoms with van der Waals surface area (Å²) in [6.07, 6.45) is -0.902. The van der Waals surface area contributed by atoms with E-state index in [9.17, 15) is 22.8 Å². The molecule has 0 unspecified atom stereocenters. The number of halogens is 3. The monoisotopic (exact) mass is 252 g/mol. The fraction of sp³-hybridized carbons (Fsp3) is 0.400. The minimum Gasteiger partial charge on any atom is -0.453 e. The molecule has 0 aliphatic heterocycles. The zero-order valence-electron chi connectivity index (χ0n) is 8.99. The van der Waals surface area contributed by atoms with Gasteiger partial charge in [0.05, 0.1) is 0 Å². The zero-order valence-corrected chi connectivity index (χ0v) is 8.99. The van der Waals surface area contributed by atoms with E-state index < -0.39 is 24.7 Å². The smallest absolute Gasteiger partial charge is 0.417 e. The van der Waals surface area contributed by atoms with Gasteiger partial charge < -0.3 is 9.47 Å². The Morgan fingerprint density at radius 2 is 1.53 bits per heavy atom. The van der Waals surface area contributed by atoms with E-state index in [0.717, 1.165) is 0 Å². The molecule has 0 spiro atoms. The van der Waals surface area contributed by atoms with Crippen molar-refractivity contribution in [3.63, 3.8) is 0 Å². The average molecular weight is 252 g/mol. The molecule has 0 aromatic heterocycles. The Hall–Kier alpha value is -1.79. The number of carbonyl (C=O) groups is 2. The second-order valence-electron chi connectivity index (χ2n) is 2.71. The number of ether oxygens (including phenoxy) is 2. The third kappa shape index (κ3) is 9.16. The van der Waals surface area contributed by atoms with E-state index in [-0.39, 0.29) is 12.7 Å². The lowest BCUT2D eigenvalue weighted by molar-refractivity contribution is -0.166. The van der Waals surface area contributed by atoms with Gasteiger partial charge in [0.1, 0.15) is 13.2 Å². The molecule has 0 N–H and O–H groups in total. The van der Waals surface area contributed by atoms with Crippen LogP contribution in [0.15, 0.2) is 24.3 Å². The van der Waals surface area contributed by atoms with Gasteiger partial charge in [-0.3, -0.25) is 0 Å². The Bertz CT molecular complexity index is 318. The maximum atomic E-state index is 11.6. The van der Waals surface area contributed by atoms with Crippen LogP contribution in [-0.4, -0.2) is 31.3 Å². The molecule has 0 aliphatic rings.